The molecule has 0 aliphatic carbocycles. The number of aliphatic hydroxyl groups excluding tert-OH is 1. The summed E-state index contributed by atoms with van der Waals surface area (Å²) in [5.74, 6) is 7.25. The van der Waals surface area contributed by atoms with Gasteiger partial charge in [0.15, 0.2) is 0 Å². The molecule has 0 atom stereocenters. The van der Waals surface area contributed by atoms with Gasteiger partial charge in [0.1, 0.15) is 5.75 Å². The first-order valence-electron chi connectivity index (χ1n) is 6.51. The second-order valence-electron chi connectivity index (χ2n) is 4.71. The summed E-state index contributed by atoms with van der Waals surface area (Å²) in [5, 5.41) is 8.71. The molecule has 1 N–H and O–H groups in total. The van der Waals surface area contributed by atoms with Crippen molar-refractivity contribution in [3.05, 3.63) is 29.3 Å². The molecule has 1 aromatic rings. The Bertz CT molecular complexity index is 441. The molecule has 0 radical (unpaired) electrons. The number of ether oxygens (including phenoxy) is 2. The molecule has 0 amide bonds. The second kappa shape index (κ2) is 8.58. The lowest BCUT2D eigenvalue weighted by Crippen LogP contribution is -2.03. The third-order valence-corrected chi connectivity index (χ3v) is 2.46. The molecule has 0 bridgehead atoms. The van der Waals surface area contributed by atoms with Gasteiger partial charge < -0.3 is 14.6 Å². The standard InChI is InChI=1S/C16H22O3/c1-13(2)11-19-12-15-10-14(6-4-5-9-17)7-8-16(15)18-3/h7-8,10,13,17H,5,9,11-12H2,1-3H3. The molecule has 0 unspecified atom stereocenters. The van der Waals surface area contributed by atoms with Crippen molar-refractivity contribution in [2.75, 3.05) is 20.3 Å². The number of methoxy groups -OCH3 is 1. The van der Waals surface area contributed by atoms with Crippen molar-refractivity contribution in [3.63, 3.8) is 0 Å². The molecule has 0 saturated carbocycles. The van der Waals surface area contributed by atoms with Crippen molar-refractivity contribution in [3.8, 4) is 17.6 Å². The first-order chi connectivity index (χ1) is 9.17. The van der Waals surface area contributed by atoms with Crippen molar-refractivity contribution < 1.29 is 14.6 Å². The quantitative estimate of drug-likeness (QED) is 0.801. The van der Waals surface area contributed by atoms with Crippen molar-refractivity contribution in [2.45, 2.75) is 26.9 Å². The lowest BCUT2D eigenvalue weighted by atomic mass is 10.1. The first-order valence-corrected chi connectivity index (χ1v) is 6.51. The first kappa shape index (κ1) is 15.6. The Balaban J connectivity index is 2.76. The fourth-order valence-corrected chi connectivity index (χ4v) is 1.59. The average Bonchev–Trinajstić information content (AvgIpc) is 2.39. The van der Waals surface area contributed by atoms with Crippen LogP contribution in [0.5, 0.6) is 5.75 Å². The zero-order chi connectivity index (χ0) is 14.1. The van der Waals surface area contributed by atoms with Crippen molar-refractivity contribution in [1.29, 1.82) is 0 Å². The predicted molar refractivity (Wildman–Crippen MR) is 76.1 cm³/mol. The predicted octanol–water partition coefficient (Wildman–Crippen LogP) is 2.60. The Hall–Kier alpha value is -1.50. The summed E-state index contributed by atoms with van der Waals surface area (Å²) >= 11 is 0. The van der Waals surface area contributed by atoms with Crippen molar-refractivity contribution in [1.82, 2.24) is 0 Å². The molecule has 0 saturated heterocycles. The monoisotopic (exact) mass is 262 g/mol. The third-order valence-electron chi connectivity index (χ3n) is 2.46. The molecule has 1 aromatic carbocycles. The largest absolute Gasteiger partial charge is 0.496 e. The normalized spacial score (nSPS) is 10.2. The fraction of sp³-hybridized carbons (Fsp3) is 0.500. The maximum absolute atomic E-state index is 8.71. The number of rotatable bonds is 6. The van der Waals surface area contributed by atoms with Gasteiger partial charge in [-0.05, 0) is 24.1 Å². The van der Waals surface area contributed by atoms with Gasteiger partial charge >= 0.3 is 0 Å². The topological polar surface area (TPSA) is 38.7 Å². The molecule has 0 aliphatic heterocycles. The highest BCUT2D eigenvalue weighted by atomic mass is 16.5. The van der Waals surface area contributed by atoms with Gasteiger partial charge in [0, 0.05) is 24.2 Å². The van der Waals surface area contributed by atoms with Crippen LogP contribution in [-0.4, -0.2) is 25.4 Å². The molecular formula is C16H22O3. The minimum atomic E-state index is 0.0908. The summed E-state index contributed by atoms with van der Waals surface area (Å²) < 4.78 is 11.0. The Labute approximate surface area is 115 Å². The minimum absolute atomic E-state index is 0.0908. The van der Waals surface area contributed by atoms with E-state index in [0.29, 0.717) is 18.9 Å². The highest BCUT2D eigenvalue weighted by molar-refractivity contribution is 5.43. The molecule has 1 rings (SSSR count). The van der Waals surface area contributed by atoms with E-state index in [1.54, 1.807) is 7.11 Å². The highest BCUT2D eigenvalue weighted by Crippen LogP contribution is 2.20. The second-order valence-corrected chi connectivity index (χ2v) is 4.71. The van der Waals surface area contributed by atoms with Crippen LogP contribution in [0.2, 0.25) is 0 Å². The van der Waals surface area contributed by atoms with Crippen LogP contribution in [-0.2, 0) is 11.3 Å². The lowest BCUT2D eigenvalue weighted by molar-refractivity contribution is 0.0955. The van der Waals surface area contributed by atoms with E-state index in [2.05, 4.69) is 25.7 Å². The van der Waals surface area contributed by atoms with Gasteiger partial charge in [0.25, 0.3) is 0 Å². The number of hydrogen-bond acceptors (Lipinski definition) is 3. The number of aliphatic hydroxyl groups is 1. The SMILES string of the molecule is COc1ccc(C#CCCO)cc1COCC(C)C. The van der Waals surface area contributed by atoms with E-state index in [9.17, 15) is 0 Å². The maximum atomic E-state index is 8.71. The highest BCUT2D eigenvalue weighted by Gasteiger charge is 2.04. The Morgan fingerprint density at radius 2 is 2.11 bits per heavy atom. The van der Waals surface area contributed by atoms with Gasteiger partial charge in [-0.3, -0.25) is 0 Å². The summed E-state index contributed by atoms with van der Waals surface area (Å²) in [7, 11) is 1.65. The van der Waals surface area contributed by atoms with Crippen LogP contribution in [0.4, 0.5) is 0 Å². The molecule has 104 valence electrons. The van der Waals surface area contributed by atoms with E-state index >= 15 is 0 Å². The zero-order valence-corrected chi connectivity index (χ0v) is 11.9. The van der Waals surface area contributed by atoms with E-state index in [-0.39, 0.29) is 6.61 Å². The Morgan fingerprint density at radius 1 is 1.32 bits per heavy atom. The summed E-state index contributed by atoms with van der Waals surface area (Å²) in [6.07, 6.45) is 0.491. The Morgan fingerprint density at radius 3 is 2.74 bits per heavy atom. The van der Waals surface area contributed by atoms with Crippen molar-refractivity contribution >= 4 is 0 Å². The van der Waals surface area contributed by atoms with E-state index in [1.807, 2.05) is 18.2 Å². The van der Waals surface area contributed by atoms with Crippen LogP contribution in [0.3, 0.4) is 0 Å². The molecule has 0 heterocycles. The van der Waals surface area contributed by atoms with E-state index in [1.165, 1.54) is 0 Å². The van der Waals surface area contributed by atoms with Crippen LogP contribution in [0.25, 0.3) is 0 Å². The molecule has 0 spiro atoms. The smallest absolute Gasteiger partial charge is 0.124 e. The van der Waals surface area contributed by atoms with Crippen LogP contribution in [0.1, 0.15) is 31.4 Å². The minimum Gasteiger partial charge on any atom is -0.496 e. The maximum Gasteiger partial charge on any atom is 0.124 e. The summed E-state index contributed by atoms with van der Waals surface area (Å²) in [6, 6.07) is 5.79. The van der Waals surface area contributed by atoms with Gasteiger partial charge in [-0.1, -0.05) is 25.7 Å². The van der Waals surface area contributed by atoms with Gasteiger partial charge in [-0.15, -0.1) is 0 Å². The summed E-state index contributed by atoms with van der Waals surface area (Å²) in [5.41, 5.74) is 1.91. The molecule has 3 nitrogen and oxygen atoms in total. The van der Waals surface area contributed by atoms with Crippen molar-refractivity contribution in [2.24, 2.45) is 5.92 Å². The molecule has 0 fully saturated rings. The van der Waals surface area contributed by atoms with Gasteiger partial charge in [0.05, 0.1) is 20.3 Å². The van der Waals surface area contributed by atoms with Crippen LogP contribution in [0, 0.1) is 17.8 Å². The van der Waals surface area contributed by atoms with Gasteiger partial charge in [-0.25, -0.2) is 0 Å². The van der Waals surface area contributed by atoms with Gasteiger partial charge in [-0.2, -0.15) is 0 Å². The summed E-state index contributed by atoms with van der Waals surface area (Å²) in [6.45, 7) is 5.58. The molecule has 3 heteroatoms. The van der Waals surface area contributed by atoms with Gasteiger partial charge in [0.2, 0.25) is 0 Å². The average molecular weight is 262 g/mol. The number of hydrogen-bond donors (Lipinski definition) is 1. The molecular weight excluding hydrogens is 240 g/mol. The number of benzene rings is 1. The van der Waals surface area contributed by atoms with E-state index in [4.69, 9.17) is 14.6 Å². The van der Waals surface area contributed by atoms with E-state index < -0.39 is 0 Å². The van der Waals surface area contributed by atoms with Crippen LogP contribution in [0.15, 0.2) is 18.2 Å². The molecule has 19 heavy (non-hydrogen) atoms. The zero-order valence-electron chi connectivity index (χ0n) is 11.9. The summed E-state index contributed by atoms with van der Waals surface area (Å²) in [4.78, 5) is 0. The lowest BCUT2D eigenvalue weighted by Gasteiger charge is -2.11. The van der Waals surface area contributed by atoms with Crippen LogP contribution < -0.4 is 4.74 Å². The Kier molecular flexibility index (Phi) is 7.02. The molecule has 0 aromatic heterocycles. The third kappa shape index (κ3) is 5.78. The van der Waals surface area contributed by atoms with E-state index in [0.717, 1.165) is 23.5 Å². The van der Waals surface area contributed by atoms with Crippen LogP contribution >= 0.6 is 0 Å². The fourth-order valence-electron chi connectivity index (χ4n) is 1.59. The molecule has 0 aliphatic rings.